The number of aromatic amines is 1. The first-order chi connectivity index (χ1) is 11.6. The number of aryl methyl sites for hydroxylation is 1. The van der Waals surface area contributed by atoms with Crippen molar-refractivity contribution in [2.75, 3.05) is 0 Å². The minimum absolute atomic E-state index is 0.118. The molecule has 0 aliphatic heterocycles. The van der Waals surface area contributed by atoms with Gasteiger partial charge in [0.15, 0.2) is 5.76 Å². The molecule has 3 rings (SSSR count). The van der Waals surface area contributed by atoms with Crippen LogP contribution in [-0.2, 0) is 11.2 Å². The molecule has 0 aliphatic rings. The lowest BCUT2D eigenvalue weighted by Gasteiger charge is -2.00. The van der Waals surface area contributed by atoms with Gasteiger partial charge in [0.1, 0.15) is 17.3 Å². The van der Waals surface area contributed by atoms with Crippen LogP contribution in [0.15, 0.2) is 52.1 Å². The van der Waals surface area contributed by atoms with Crippen molar-refractivity contribution in [3.63, 3.8) is 0 Å². The number of amides is 1. The Labute approximate surface area is 137 Å². The summed E-state index contributed by atoms with van der Waals surface area (Å²) in [5.74, 6) is 0.800. The van der Waals surface area contributed by atoms with E-state index in [0.29, 0.717) is 22.6 Å². The van der Waals surface area contributed by atoms with Crippen molar-refractivity contribution in [1.82, 2.24) is 15.6 Å². The number of nitrogens with one attached hydrogen (secondary N) is 2. The minimum atomic E-state index is -0.335. The van der Waals surface area contributed by atoms with Crippen molar-refractivity contribution in [1.29, 1.82) is 0 Å². The Hall–Kier alpha value is -3.22. The van der Waals surface area contributed by atoms with Gasteiger partial charge < -0.3 is 4.42 Å². The zero-order valence-electron chi connectivity index (χ0n) is 12.9. The average molecular weight is 326 g/mol. The van der Waals surface area contributed by atoms with Crippen molar-refractivity contribution in [3.8, 4) is 11.5 Å². The zero-order valence-corrected chi connectivity index (χ0v) is 12.9. The summed E-state index contributed by atoms with van der Waals surface area (Å²) >= 11 is 0. The highest BCUT2D eigenvalue weighted by atomic mass is 19.1. The summed E-state index contributed by atoms with van der Waals surface area (Å²) in [4.78, 5) is 11.8. The van der Waals surface area contributed by atoms with Crippen LogP contribution in [0.25, 0.3) is 11.5 Å². The maximum atomic E-state index is 12.8. The van der Waals surface area contributed by atoms with Crippen molar-refractivity contribution >= 4 is 12.1 Å². The topological polar surface area (TPSA) is 83.3 Å². The molecule has 1 amide bonds. The number of hydrogen-bond acceptors (Lipinski definition) is 4. The quantitative estimate of drug-likeness (QED) is 0.558. The van der Waals surface area contributed by atoms with Gasteiger partial charge in [0.2, 0.25) is 5.91 Å². The molecule has 0 atom stereocenters. The van der Waals surface area contributed by atoms with Gasteiger partial charge in [-0.05, 0) is 36.8 Å². The summed E-state index contributed by atoms with van der Waals surface area (Å²) in [7, 11) is 0. The average Bonchev–Trinajstić information content (AvgIpc) is 3.18. The molecule has 0 bridgehead atoms. The highest BCUT2D eigenvalue weighted by Gasteiger charge is 2.09. The molecule has 0 spiro atoms. The number of carbonyl (C=O) groups excluding carboxylic acids is 1. The van der Waals surface area contributed by atoms with Crippen LogP contribution in [-0.4, -0.2) is 22.3 Å². The molecule has 2 heterocycles. The Morgan fingerprint density at radius 1 is 1.33 bits per heavy atom. The van der Waals surface area contributed by atoms with Crippen LogP contribution in [0, 0.1) is 12.7 Å². The molecule has 0 fully saturated rings. The van der Waals surface area contributed by atoms with Crippen molar-refractivity contribution in [2.45, 2.75) is 13.3 Å². The Morgan fingerprint density at radius 3 is 2.83 bits per heavy atom. The lowest BCUT2D eigenvalue weighted by Crippen LogP contribution is -2.19. The summed E-state index contributed by atoms with van der Waals surface area (Å²) in [6, 6.07) is 9.43. The van der Waals surface area contributed by atoms with Gasteiger partial charge in [0, 0.05) is 5.56 Å². The van der Waals surface area contributed by atoms with Gasteiger partial charge in [-0.15, -0.1) is 0 Å². The summed E-state index contributed by atoms with van der Waals surface area (Å²) in [6.45, 7) is 1.85. The number of benzene rings is 1. The minimum Gasteiger partial charge on any atom is -0.460 e. The molecule has 0 unspecified atom stereocenters. The van der Waals surface area contributed by atoms with Crippen LogP contribution < -0.4 is 5.43 Å². The third-order valence-corrected chi connectivity index (χ3v) is 3.33. The van der Waals surface area contributed by atoms with Crippen LogP contribution in [0.3, 0.4) is 0 Å². The number of aromatic nitrogens is 2. The number of carbonyl (C=O) groups is 1. The Bertz CT molecular complexity index is 865. The summed E-state index contributed by atoms with van der Waals surface area (Å²) in [5.41, 5.74) is 4.51. The number of H-pyrrole nitrogens is 1. The molecule has 7 heteroatoms. The Morgan fingerprint density at radius 2 is 2.12 bits per heavy atom. The molecule has 2 aromatic heterocycles. The molecule has 24 heavy (non-hydrogen) atoms. The Kier molecular flexibility index (Phi) is 4.51. The first-order valence-electron chi connectivity index (χ1n) is 7.28. The van der Waals surface area contributed by atoms with Gasteiger partial charge in [0.25, 0.3) is 0 Å². The van der Waals surface area contributed by atoms with Crippen LogP contribution in [0.1, 0.15) is 16.9 Å². The molecule has 0 radical (unpaired) electrons. The predicted molar refractivity (Wildman–Crippen MR) is 86.9 cm³/mol. The maximum absolute atomic E-state index is 12.8. The zero-order chi connectivity index (χ0) is 16.9. The molecular weight excluding hydrogens is 311 g/mol. The van der Waals surface area contributed by atoms with E-state index in [4.69, 9.17) is 4.42 Å². The highest BCUT2D eigenvalue weighted by molar-refractivity contribution is 5.88. The van der Waals surface area contributed by atoms with Crippen molar-refractivity contribution in [3.05, 3.63) is 65.3 Å². The molecule has 2 N–H and O–H groups in total. The van der Waals surface area contributed by atoms with Gasteiger partial charge in [-0.2, -0.15) is 10.2 Å². The van der Waals surface area contributed by atoms with Gasteiger partial charge in [-0.1, -0.05) is 12.1 Å². The lowest BCUT2D eigenvalue weighted by molar-refractivity contribution is -0.120. The molecule has 122 valence electrons. The number of rotatable bonds is 5. The molecule has 0 saturated heterocycles. The number of nitrogens with zero attached hydrogens (tertiary/aromatic N) is 2. The number of halogens is 1. The van der Waals surface area contributed by atoms with E-state index in [1.54, 1.807) is 18.3 Å². The number of furan rings is 1. The van der Waals surface area contributed by atoms with E-state index in [1.807, 2.05) is 19.1 Å². The van der Waals surface area contributed by atoms with E-state index in [-0.39, 0.29) is 18.1 Å². The molecule has 0 saturated carbocycles. The molecule has 0 aliphatic carbocycles. The molecule has 3 aromatic rings. The van der Waals surface area contributed by atoms with Crippen molar-refractivity contribution in [2.24, 2.45) is 5.10 Å². The van der Waals surface area contributed by atoms with E-state index in [0.717, 1.165) is 5.76 Å². The Balaban J connectivity index is 1.61. The van der Waals surface area contributed by atoms with Gasteiger partial charge in [0.05, 0.1) is 18.8 Å². The fraction of sp³-hybridized carbons (Fsp3) is 0.118. The number of hydrogen-bond donors (Lipinski definition) is 2. The number of hydrazone groups is 1. The summed E-state index contributed by atoms with van der Waals surface area (Å²) in [5, 5.41) is 10.7. The van der Waals surface area contributed by atoms with Gasteiger partial charge in [-0.3, -0.25) is 9.89 Å². The second-order valence-corrected chi connectivity index (χ2v) is 5.21. The fourth-order valence-electron chi connectivity index (χ4n) is 2.16. The maximum Gasteiger partial charge on any atom is 0.244 e. The molecular formula is C17H15FN4O2. The van der Waals surface area contributed by atoms with E-state index >= 15 is 0 Å². The van der Waals surface area contributed by atoms with E-state index in [1.165, 1.54) is 18.3 Å². The smallest absolute Gasteiger partial charge is 0.244 e. The monoisotopic (exact) mass is 326 g/mol. The summed E-state index contributed by atoms with van der Waals surface area (Å²) in [6.07, 6.45) is 3.19. The van der Waals surface area contributed by atoms with Gasteiger partial charge >= 0.3 is 0 Å². The molecule has 1 aromatic carbocycles. The van der Waals surface area contributed by atoms with Crippen LogP contribution in [0.5, 0.6) is 0 Å². The fourth-order valence-corrected chi connectivity index (χ4v) is 2.16. The first-order valence-corrected chi connectivity index (χ1v) is 7.28. The van der Waals surface area contributed by atoms with E-state index in [9.17, 15) is 9.18 Å². The highest BCUT2D eigenvalue weighted by Crippen LogP contribution is 2.22. The SMILES string of the molecule is Cc1ccc(-c2[nH]ncc2/C=N/NC(=O)Cc2ccc(F)cc2)o1. The van der Waals surface area contributed by atoms with E-state index in [2.05, 4.69) is 20.7 Å². The second-order valence-electron chi connectivity index (χ2n) is 5.21. The van der Waals surface area contributed by atoms with E-state index < -0.39 is 0 Å². The normalized spacial score (nSPS) is 11.1. The van der Waals surface area contributed by atoms with Gasteiger partial charge in [-0.25, -0.2) is 9.82 Å². The third kappa shape index (κ3) is 3.75. The largest absolute Gasteiger partial charge is 0.460 e. The summed E-state index contributed by atoms with van der Waals surface area (Å²) < 4.78 is 18.4. The van der Waals surface area contributed by atoms with Crippen LogP contribution in [0.2, 0.25) is 0 Å². The van der Waals surface area contributed by atoms with Crippen LogP contribution in [0.4, 0.5) is 4.39 Å². The third-order valence-electron chi connectivity index (χ3n) is 3.33. The van der Waals surface area contributed by atoms with Crippen LogP contribution >= 0.6 is 0 Å². The van der Waals surface area contributed by atoms with Crippen molar-refractivity contribution < 1.29 is 13.6 Å². The molecule has 6 nitrogen and oxygen atoms in total. The standard InChI is InChI=1S/C17H15FN4O2/c1-11-2-7-15(24-11)17-13(10-20-22-17)9-19-21-16(23)8-12-3-5-14(18)6-4-12/h2-7,9-10H,8H2,1H3,(H,20,22)(H,21,23)/b19-9+. The lowest BCUT2D eigenvalue weighted by atomic mass is 10.1. The first kappa shape index (κ1) is 15.7. The predicted octanol–water partition coefficient (Wildman–Crippen LogP) is 2.81. The second kappa shape index (κ2) is 6.91.